The van der Waals surface area contributed by atoms with E-state index in [4.69, 9.17) is 27.6 Å². The van der Waals surface area contributed by atoms with Crippen LogP contribution in [-0.4, -0.2) is 20.2 Å². The molecule has 8 heteroatoms. The van der Waals surface area contributed by atoms with Gasteiger partial charge in [-0.25, -0.2) is 4.68 Å². The zero-order chi connectivity index (χ0) is 13.9. The largest absolute Gasteiger partial charge is 0.448 e. The first-order valence-corrected chi connectivity index (χ1v) is 6.49. The molecule has 0 spiro atoms. The molecule has 3 rings (SSSR count). The first-order chi connectivity index (χ1) is 9.72. The number of halogens is 2. The molecular weight excluding hydrogens is 301 g/mol. The molecule has 0 aliphatic rings. The number of rotatable bonds is 4. The number of nitrogens with zero attached hydrogens (tertiary/aromatic N) is 4. The predicted molar refractivity (Wildman–Crippen MR) is 75.2 cm³/mol. The van der Waals surface area contributed by atoms with Crippen LogP contribution < -0.4 is 5.32 Å². The van der Waals surface area contributed by atoms with Crippen molar-refractivity contribution in [1.82, 2.24) is 20.2 Å². The van der Waals surface area contributed by atoms with Gasteiger partial charge in [-0.15, -0.1) is 5.10 Å². The molecule has 0 saturated carbocycles. The van der Waals surface area contributed by atoms with Crippen LogP contribution in [0, 0.1) is 0 Å². The molecule has 2 heterocycles. The van der Waals surface area contributed by atoms with Crippen LogP contribution in [0.2, 0.25) is 10.2 Å². The number of hydrogen-bond acceptors (Lipinski definition) is 5. The molecule has 20 heavy (non-hydrogen) atoms. The quantitative estimate of drug-likeness (QED) is 0.801. The van der Waals surface area contributed by atoms with Crippen molar-refractivity contribution < 1.29 is 4.42 Å². The van der Waals surface area contributed by atoms with Gasteiger partial charge in [-0.1, -0.05) is 11.6 Å². The highest BCUT2D eigenvalue weighted by molar-refractivity contribution is 6.33. The molecule has 0 unspecified atom stereocenters. The number of hydrogen-bond donors (Lipinski definition) is 1. The summed E-state index contributed by atoms with van der Waals surface area (Å²) in [5, 5.41) is 15.2. The van der Waals surface area contributed by atoms with Crippen molar-refractivity contribution in [3.8, 4) is 5.69 Å². The van der Waals surface area contributed by atoms with Gasteiger partial charge in [0.15, 0.2) is 5.22 Å². The molecule has 0 aliphatic carbocycles. The molecule has 3 aromatic rings. The summed E-state index contributed by atoms with van der Waals surface area (Å²) in [5.41, 5.74) is 1.56. The summed E-state index contributed by atoms with van der Waals surface area (Å²) in [4.78, 5) is 0. The molecule has 1 aromatic carbocycles. The Labute approximate surface area is 124 Å². The molecule has 0 atom stereocenters. The van der Waals surface area contributed by atoms with Gasteiger partial charge >= 0.3 is 0 Å². The topological polar surface area (TPSA) is 68.8 Å². The average Bonchev–Trinajstić information content (AvgIpc) is 3.09. The first-order valence-electron chi connectivity index (χ1n) is 5.73. The van der Waals surface area contributed by atoms with E-state index in [2.05, 4.69) is 20.8 Å². The molecule has 0 fully saturated rings. The van der Waals surface area contributed by atoms with Gasteiger partial charge in [0, 0.05) is 0 Å². The normalized spacial score (nSPS) is 10.7. The van der Waals surface area contributed by atoms with Gasteiger partial charge in [-0.2, -0.15) is 0 Å². The molecule has 0 aliphatic heterocycles. The third-order valence-electron chi connectivity index (χ3n) is 2.65. The zero-order valence-corrected chi connectivity index (χ0v) is 11.6. The highest BCUT2D eigenvalue weighted by Crippen LogP contribution is 2.25. The molecule has 6 nitrogen and oxygen atoms in total. The van der Waals surface area contributed by atoms with Gasteiger partial charge < -0.3 is 9.73 Å². The van der Waals surface area contributed by atoms with E-state index in [0.29, 0.717) is 16.8 Å². The van der Waals surface area contributed by atoms with E-state index in [-0.39, 0.29) is 0 Å². The number of anilines is 1. The highest BCUT2D eigenvalue weighted by Gasteiger charge is 2.06. The van der Waals surface area contributed by atoms with E-state index in [1.165, 1.54) is 6.33 Å². The van der Waals surface area contributed by atoms with Crippen LogP contribution in [0.4, 0.5) is 5.69 Å². The lowest BCUT2D eigenvalue weighted by molar-refractivity contribution is 0.520. The van der Waals surface area contributed by atoms with Crippen molar-refractivity contribution in [3.63, 3.8) is 0 Å². The minimum Gasteiger partial charge on any atom is -0.448 e. The zero-order valence-electron chi connectivity index (χ0n) is 10.1. The minimum atomic E-state index is 0.357. The number of benzene rings is 1. The summed E-state index contributed by atoms with van der Waals surface area (Å²) in [7, 11) is 0. The second kappa shape index (κ2) is 5.52. The monoisotopic (exact) mass is 309 g/mol. The van der Waals surface area contributed by atoms with Crippen LogP contribution in [0.1, 0.15) is 5.76 Å². The Kier molecular flexibility index (Phi) is 3.58. The fourth-order valence-corrected chi connectivity index (χ4v) is 2.05. The van der Waals surface area contributed by atoms with Crippen LogP contribution >= 0.6 is 23.2 Å². The number of furan rings is 1. The molecule has 0 radical (unpaired) electrons. The van der Waals surface area contributed by atoms with Crippen molar-refractivity contribution >= 4 is 28.9 Å². The Bertz CT molecular complexity index is 710. The predicted octanol–water partition coefficient (Wildman–Crippen LogP) is 3.17. The molecule has 2 aromatic heterocycles. The smallest absolute Gasteiger partial charge is 0.193 e. The van der Waals surface area contributed by atoms with E-state index >= 15 is 0 Å². The minimum absolute atomic E-state index is 0.357. The summed E-state index contributed by atoms with van der Waals surface area (Å²) < 4.78 is 6.82. The van der Waals surface area contributed by atoms with Crippen molar-refractivity contribution in [1.29, 1.82) is 0 Å². The van der Waals surface area contributed by atoms with Crippen LogP contribution in [-0.2, 0) is 6.54 Å². The Morgan fingerprint density at radius 1 is 1.20 bits per heavy atom. The van der Waals surface area contributed by atoms with E-state index in [1.807, 2.05) is 12.1 Å². The second-order valence-corrected chi connectivity index (χ2v) is 4.76. The maximum atomic E-state index is 6.15. The van der Waals surface area contributed by atoms with Crippen LogP contribution in [0.25, 0.3) is 5.69 Å². The van der Waals surface area contributed by atoms with E-state index < -0.39 is 0 Å². The van der Waals surface area contributed by atoms with Gasteiger partial charge in [0.2, 0.25) is 0 Å². The summed E-state index contributed by atoms with van der Waals surface area (Å²) in [6, 6.07) is 8.94. The first kappa shape index (κ1) is 13.0. The Morgan fingerprint density at radius 3 is 2.80 bits per heavy atom. The summed E-state index contributed by atoms with van der Waals surface area (Å²) in [6.07, 6.45) is 1.51. The highest BCUT2D eigenvalue weighted by atomic mass is 35.5. The lowest BCUT2D eigenvalue weighted by Crippen LogP contribution is -2.01. The van der Waals surface area contributed by atoms with Crippen LogP contribution in [0.5, 0.6) is 0 Å². The van der Waals surface area contributed by atoms with Crippen molar-refractivity contribution in [2.24, 2.45) is 0 Å². The summed E-state index contributed by atoms with van der Waals surface area (Å²) >= 11 is 11.9. The molecule has 1 N–H and O–H groups in total. The van der Waals surface area contributed by atoms with Crippen molar-refractivity contribution in [2.75, 3.05) is 5.32 Å². The summed E-state index contributed by atoms with van der Waals surface area (Å²) in [6.45, 7) is 0.478. The molecule has 102 valence electrons. The Morgan fingerprint density at radius 2 is 2.10 bits per heavy atom. The second-order valence-electron chi connectivity index (χ2n) is 3.98. The average molecular weight is 310 g/mol. The van der Waals surface area contributed by atoms with Gasteiger partial charge in [-0.3, -0.25) is 0 Å². The number of aromatic nitrogens is 4. The molecular formula is C12H9Cl2N5O. The van der Waals surface area contributed by atoms with Crippen molar-refractivity contribution in [2.45, 2.75) is 6.54 Å². The lowest BCUT2D eigenvalue weighted by Gasteiger charge is -2.09. The van der Waals surface area contributed by atoms with Crippen molar-refractivity contribution in [3.05, 3.63) is 52.7 Å². The van der Waals surface area contributed by atoms with E-state index in [9.17, 15) is 0 Å². The maximum absolute atomic E-state index is 6.15. The van der Waals surface area contributed by atoms with Gasteiger partial charge in [0.1, 0.15) is 12.1 Å². The third kappa shape index (κ3) is 2.76. The fraction of sp³-hybridized carbons (Fsp3) is 0.0833. The number of tetrazole rings is 1. The Hall–Kier alpha value is -2.05. The van der Waals surface area contributed by atoms with Crippen LogP contribution in [0.15, 0.2) is 41.1 Å². The van der Waals surface area contributed by atoms with E-state index in [0.717, 1.165) is 17.1 Å². The Balaban J connectivity index is 1.80. The summed E-state index contributed by atoms with van der Waals surface area (Å²) in [5.74, 6) is 0.721. The molecule has 0 saturated heterocycles. The molecule has 0 bridgehead atoms. The van der Waals surface area contributed by atoms with Crippen LogP contribution in [0.3, 0.4) is 0 Å². The fourth-order valence-electron chi connectivity index (χ4n) is 1.70. The standard InChI is InChI=1S/C12H9Cl2N5O/c13-10-3-1-8(19-7-16-17-18-19)5-11(10)15-6-9-2-4-12(14)20-9/h1-5,7,15H,6H2. The van der Waals surface area contributed by atoms with Gasteiger partial charge in [0.05, 0.1) is 22.9 Å². The SMILES string of the molecule is Clc1ccc(CNc2cc(-n3cnnn3)ccc2Cl)o1. The lowest BCUT2D eigenvalue weighted by atomic mass is 10.2. The van der Waals surface area contributed by atoms with Gasteiger partial charge in [0.25, 0.3) is 0 Å². The third-order valence-corrected chi connectivity index (χ3v) is 3.18. The molecule has 0 amide bonds. The van der Waals surface area contributed by atoms with E-state index in [1.54, 1.807) is 22.9 Å². The number of nitrogens with one attached hydrogen (secondary N) is 1. The van der Waals surface area contributed by atoms with Gasteiger partial charge in [-0.05, 0) is 52.4 Å². The maximum Gasteiger partial charge on any atom is 0.193 e.